The van der Waals surface area contributed by atoms with Crippen LogP contribution < -0.4 is 4.74 Å². The van der Waals surface area contributed by atoms with Gasteiger partial charge in [0, 0.05) is 30.4 Å². The Morgan fingerprint density at radius 3 is 2.79 bits per heavy atom. The first-order valence-electron chi connectivity index (χ1n) is 7.92. The van der Waals surface area contributed by atoms with Gasteiger partial charge in [-0.15, -0.1) is 0 Å². The molecular formula is C19H24N2O3. The fourth-order valence-electron chi connectivity index (χ4n) is 2.84. The van der Waals surface area contributed by atoms with Crippen molar-refractivity contribution in [2.45, 2.75) is 26.3 Å². The van der Waals surface area contributed by atoms with Gasteiger partial charge in [-0.25, -0.2) is 0 Å². The van der Waals surface area contributed by atoms with E-state index in [0.717, 1.165) is 13.0 Å². The summed E-state index contributed by atoms with van der Waals surface area (Å²) in [6.07, 6.45) is 7.61. The topological polar surface area (TPSA) is 62.1 Å². The number of aliphatic imine (C=N–C) groups is 1. The van der Waals surface area contributed by atoms with Crippen molar-refractivity contribution in [3.63, 3.8) is 0 Å². The van der Waals surface area contributed by atoms with Crippen LogP contribution in [0, 0.1) is 0 Å². The van der Waals surface area contributed by atoms with E-state index < -0.39 is 0 Å². The predicted molar refractivity (Wildman–Crippen MR) is 96.7 cm³/mol. The summed E-state index contributed by atoms with van der Waals surface area (Å²) in [6, 6.07) is 3.09. The minimum Gasteiger partial charge on any atom is -0.504 e. The van der Waals surface area contributed by atoms with Crippen LogP contribution in [0.3, 0.4) is 0 Å². The van der Waals surface area contributed by atoms with Crippen molar-refractivity contribution in [1.82, 2.24) is 4.90 Å². The summed E-state index contributed by atoms with van der Waals surface area (Å²) in [7, 11) is 3.50. The van der Waals surface area contributed by atoms with E-state index in [2.05, 4.69) is 29.9 Å². The summed E-state index contributed by atoms with van der Waals surface area (Å²) in [5.41, 5.74) is 3.51. The van der Waals surface area contributed by atoms with Crippen LogP contribution in [0.15, 0.2) is 40.4 Å². The third-order valence-electron chi connectivity index (χ3n) is 4.24. The third-order valence-corrected chi connectivity index (χ3v) is 4.24. The lowest BCUT2D eigenvalue weighted by Crippen LogP contribution is -2.38. The van der Waals surface area contributed by atoms with Gasteiger partial charge < -0.3 is 9.84 Å². The molecule has 0 fully saturated rings. The zero-order valence-electron chi connectivity index (χ0n) is 14.6. The quantitative estimate of drug-likeness (QED) is 0.663. The van der Waals surface area contributed by atoms with Gasteiger partial charge in [0.2, 0.25) is 0 Å². The van der Waals surface area contributed by atoms with Crippen LogP contribution in [0.1, 0.15) is 30.6 Å². The molecule has 0 saturated heterocycles. The van der Waals surface area contributed by atoms with E-state index in [1.165, 1.54) is 30.4 Å². The molecule has 128 valence electrons. The first-order chi connectivity index (χ1) is 11.5. The number of hydrogen-bond donors (Lipinski definition) is 1. The molecule has 1 atom stereocenters. The molecule has 1 unspecified atom stereocenters. The Kier molecular flexibility index (Phi) is 5.93. The van der Waals surface area contributed by atoms with Crippen LogP contribution in [0.4, 0.5) is 5.69 Å². The number of likely N-dealkylation sites (N-methyl/N-ethyl adjacent to an activating group) is 1. The molecule has 0 radical (unpaired) electrons. The van der Waals surface area contributed by atoms with Crippen molar-refractivity contribution >= 4 is 18.2 Å². The molecule has 1 N–H and O–H groups in total. The summed E-state index contributed by atoms with van der Waals surface area (Å²) in [5.74, 6) is 0.234. The van der Waals surface area contributed by atoms with Crippen LogP contribution in [0.2, 0.25) is 0 Å². The van der Waals surface area contributed by atoms with Crippen molar-refractivity contribution in [1.29, 1.82) is 0 Å². The monoisotopic (exact) mass is 328 g/mol. The number of rotatable bonds is 5. The molecule has 0 aliphatic carbocycles. The van der Waals surface area contributed by atoms with Gasteiger partial charge in [-0.3, -0.25) is 14.7 Å². The third kappa shape index (κ3) is 3.92. The molecule has 2 rings (SSSR count). The van der Waals surface area contributed by atoms with Crippen LogP contribution in [0.25, 0.3) is 0 Å². The van der Waals surface area contributed by atoms with Crippen molar-refractivity contribution < 1.29 is 14.6 Å². The van der Waals surface area contributed by atoms with Crippen molar-refractivity contribution in [2.24, 2.45) is 4.99 Å². The van der Waals surface area contributed by atoms with Crippen molar-refractivity contribution in [3.8, 4) is 11.5 Å². The summed E-state index contributed by atoms with van der Waals surface area (Å²) in [6.45, 7) is 5.04. The molecule has 1 aromatic carbocycles. The molecule has 24 heavy (non-hydrogen) atoms. The first-order valence-corrected chi connectivity index (χ1v) is 7.92. The molecule has 0 amide bonds. The van der Waals surface area contributed by atoms with E-state index in [9.17, 15) is 9.90 Å². The summed E-state index contributed by atoms with van der Waals surface area (Å²) >= 11 is 0. The number of aldehydes is 1. The van der Waals surface area contributed by atoms with E-state index in [-0.39, 0.29) is 17.5 Å². The van der Waals surface area contributed by atoms with Gasteiger partial charge in [-0.05, 0) is 39.0 Å². The number of ether oxygens (including phenoxy) is 1. The first kappa shape index (κ1) is 17.9. The lowest BCUT2D eigenvalue weighted by Gasteiger charge is -2.31. The maximum absolute atomic E-state index is 11.3. The fourth-order valence-corrected chi connectivity index (χ4v) is 2.84. The van der Waals surface area contributed by atoms with E-state index in [1.807, 2.05) is 19.2 Å². The minimum atomic E-state index is -0.0300. The zero-order chi connectivity index (χ0) is 17.7. The van der Waals surface area contributed by atoms with Gasteiger partial charge >= 0.3 is 0 Å². The number of phenols is 1. The molecule has 5 nitrogen and oxygen atoms in total. The smallest absolute Gasteiger partial charge is 0.161 e. The second-order valence-electron chi connectivity index (χ2n) is 5.97. The molecule has 0 saturated carbocycles. The Balaban J connectivity index is 2.27. The van der Waals surface area contributed by atoms with E-state index >= 15 is 0 Å². The minimum absolute atomic E-state index is 0.0300. The Bertz CT molecular complexity index is 705. The Hall–Kier alpha value is -2.40. The van der Waals surface area contributed by atoms with Gasteiger partial charge in [0.15, 0.2) is 17.8 Å². The Labute approximate surface area is 143 Å². The summed E-state index contributed by atoms with van der Waals surface area (Å²) < 4.78 is 5.02. The number of nitrogens with zero attached hydrogens (tertiary/aromatic N) is 2. The van der Waals surface area contributed by atoms with Crippen LogP contribution in [-0.4, -0.2) is 49.3 Å². The molecule has 1 heterocycles. The maximum Gasteiger partial charge on any atom is 0.161 e. The van der Waals surface area contributed by atoms with Crippen LogP contribution >= 0.6 is 0 Å². The number of methoxy groups -OCH3 is 1. The van der Waals surface area contributed by atoms with Gasteiger partial charge in [0.25, 0.3) is 0 Å². The van der Waals surface area contributed by atoms with Crippen molar-refractivity contribution in [3.05, 3.63) is 41.0 Å². The highest BCUT2D eigenvalue weighted by atomic mass is 16.5. The summed E-state index contributed by atoms with van der Waals surface area (Å²) in [5, 5.41) is 9.91. The van der Waals surface area contributed by atoms with Crippen LogP contribution in [0.5, 0.6) is 11.5 Å². The fraction of sp³-hybridized carbons (Fsp3) is 0.368. The predicted octanol–water partition coefficient (Wildman–Crippen LogP) is 3.51. The highest BCUT2D eigenvalue weighted by molar-refractivity contribution is 5.86. The Morgan fingerprint density at radius 2 is 2.17 bits per heavy atom. The van der Waals surface area contributed by atoms with Gasteiger partial charge in [-0.2, -0.15) is 0 Å². The summed E-state index contributed by atoms with van der Waals surface area (Å²) in [4.78, 5) is 17.9. The SMILES string of the molecule is C/C=C\C1=C(C)CN(C)C(C=Nc2cc(O)c(OC)cc2C=O)C1. The van der Waals surface area contributed by atoms with Gasteiger partial charge in [0.05, 0.1) is 12.8 Å². The zero-order valence-corrected chi connectivity index (χ0v) is 14.6. The number of benzene rings is 1. The normalized spacial score (nSPS) is 19.4. The lowest BCUT2D eigenvalue weighted by atomic mass is 9.95. The number of carbonyl (C=O) groups is 1. The van der Waals surface area contributed by atoms with Gasteiger partial charge in [-0.1, -0.05) is 17.7 Å². The molecule has 1 aromatic rings. The highest BCUT2D eigenvalue weighted by Crippen LogP contribution is 2.33. The second kappa shape index (κ2) is 7.93. The number of aromatic hydroxyl groups is 1. The largest absolute Gasteiger partial charge is 0.504 e. The van der Waals surface area contributed by atoms with E-state index in [0.29, 0.717) is 17.5 Å². The molecule has 1 aliphatic heterocycles. The second-order valence-corrected chi connectivity index (χ2v) is 5.97. The maximum atomic E-state index is 11.3. The number of carbonyl (C=O) groups excluding carboxylic acids is 1. The standard InChI is InChI=1S/C19H24N2O3/c1-5-6-14-7-16(21(3)11-13(14)2)10-20-17-9-18(23)19(24-4)8-15(17)12-22/h5-6,8-10,12,16,23H,7,11H2,1-4H3/b6-5-,20-10?. The van der Waals surface area contributed by atoms with Crippen LogP contribution in [-0.2, 0) is 0 Å². The number of allylic oxidation sites excluding steroid dienone is 2. The number of phenolic OH excluding ortho intramolecular Hbond substituents is 1. The Morgan fingerprint density at radius 1 is 1.42 bits per heavy atom. The van der Waals surface area contributed by atoms with Crippen molar-refractivity contribution in [2.75, 3.05) is 20.7 Å². The van der Waals surface area contributed by atoms with E-state index in [4.69, 9.17) is 4.74 Å². The molecule has 0 aromatic heterocycles. The molecule has 1 aliphatic rings. The number of hydrogen-bond acceptors (Lipinski definition) is 5. The van der Waals surface area contributed by atoms with Gasteiger partial charge in [0.1, 0.15) is 0 Å². The molecule has 0 bridgehead atoms. The lowest BCUT2D eigenvalue weighted by molar-refractivity contribution is 0.112. The highest BCUT2D eigenvalue weighted by Gasteiger charge is 2.21. The van der Waals surface area contributed by atoms with E-state index in [1.54, 1.807) is 0 Å². The molecule has 0 spiro atoms. The molecule has 5 heteroatoms. The average molecular weight is 328 g/mol. The average Bonchev–Trinajstić information content (AvgIpc) is 2.56. The molecular weight excluding hydrogens is 304 g/mol.